The van der Waals surface area contributed by atoms with Crippen molar-refractivity contribution in [1.82, 2.24) is 9.88 Å². The lowest BCUT2D eigenvalue weighted by molar-refractivity contribution is -0.0650. The minimum atomic E-state index is -0.847. The zero-order chi connectivity index (χ0) is 17.4. The molecular weight excluding hydrogens is 322 g/mol. The largest absolute Gasteiger partial charge is 0.385 e. The molecule has 5 heteroatoms. The molecule has 1 N–H and O–H groups in total. The first-order valence-corrected chi connectivity index (χ1v) is 8.85. The van der Waals surface area contributed by atoms with E-state index in [1.54, 1.807) is 18.5 Å². The number of likely N-dealkylation sites (tertiary alicyclic amines) is 1. The number of hydrogen-bond donors (Lipinski definition) is 1. The van der Waals surface area contributed by atoms with Crippen LogP contribution in [0.25, 0.3) is 0 Å². The molecule has 1 saturated heterocycles. The van der Waals surface area contributed by atoms with Gasteiger partial charge in [0.15, 0.2) is 11.6 Å². The van der Waals surface area contributed by atoms with Gasteiger partial charge in [-0.05, 0) is 48.9 Å². The van der Waals surface area contributed by atoms with E-state index in [9.17, 15) is 13.9 Å². The summed E-state index contributed by atoms with van der Waals surface area (Å²) in [5.41, 5.74) is 0.807. The summed E-state index contributed by atoms with van der Waals surface area (Å²) in [5, 5.41) is 11.4. The molecule has 4 rings (SSSR count). The molecule has 0 spiro atoms. The molecule has 1 aliphatic carbocycles. The van der Waals surface area contributed by atoms with Gasteiger partial charge >= 0.3 is 0 Å². The second-order valence-corrected chi connectivity index (χ2v) is 7.37. The molecule has 1 aromatic heterocycles. The number of hydrogen-bond acceptors (Lipinski definition) is 3. The Morgan fingerprint density at radius 3 is 2.84 bits per heavy atom. The smallest absolute Gasteiger partial charge is 0.159 e. The highest BCUT2D eigenvalue weighted by Gasteiger charge is 2.49. The van der Waals surface area contributed by atoms with Crippen molar-refractivity contribution in [2.45, 2.75) is 31.4 Å². The summed E-state index contributed by atoms with van der Waals surface area (Å²) in [7, 11) is 0. The van der Waals surface area contributed by atoms with Crippen LogP contribution in [0.5, 0.6) is 0 Å². The summed E-state index contributed by atoms with van der Waals surface area (Å²) in [6.07, 6.45) is 6.32. The van der Waals surface area contributed by atoms with E-state index in [0.717, 1.165) is 43.5 Å². The molecule has 2 heterocycles. The highest BCUT2D eigenvalue weighted by Crippen LogP contribution is 2.48. The van der Waals surface area contributed by atoms with Gasteiger partial charge in [-0.25, -0.2) is 8.78 Å². The van der Waals surface area contributed by atoms with Gasteiger partial charge in [-0.3, -0.25) is 9.88 Å². The number of halogens is 2. The summed E-state index contributed by atoms with van der Waals surface area (Å²) in [6.45, 7) is 2.22. The van der Waals surface area contributed by atoms with E-state index in [0.29, 0.717) is 12.5 Å². The van der Waals surface area contributed by atoms with Crippen molar-refractivity contribution >= 4 is 0 Å². The van der Waals surface area contributed by atoms with E-state index in [1.165, 1.54) is 12.1 Å². The quantitative estimate of drug-likeness (QED) is 0.926. The maximum Gasteiger partial charge on any atom is 0.159 e. The molecular formula is C20H22F2N2O. The van der Waals surface area contributed by atoms with E-state index < -0.39 is 17.2 Å². The number of nitrogens with zero attached hydrogens (tertiary/aromatic N) is 2. The van der Waals surface area contributed by atoms with Crippen LogP contribution in [0, 0.1) is 23.5 Å². The van der Waals surface area contributed by atoms with Crippen LogP contribution in [0.15, 0.2) is 42.7 Å². The minimum Gasteiger partial charge on any atom is -0.385 e. The Kier molecular flexibility index (Phi) is 4.29. The van der Waals surface area contributed by atoms with Crippen molar-refractivity contribution in [1.29, 1.82) is 0 Å². The fourth-order valence-corrected chi connectivity index (χ4v) is 4.62. The standard InChI is InChI=1S/C20H22F2N2O/c21-18-6-5-14(9-19(18)22)11-24-12-15-3-1-7-20(25,17(15)13-24)16-4-2-8-23-10-16/h2,4-6,8-10,15,17,25H,1,3,7,11-13H2/t15-,17+,20+/m1/s1. The average molecular weight is 344 g/mol. The van der Waals surface area contributed by atoms with E-state index in [1.807, 2.05) is 12.1 Å². The zero-order valence-corrected chi connectivity index (χ0v) is 14.0. The Morgan fingerprint density at radius 1 is 1.20 bits per heavy atom. The lowest BCUT2D eigenvalue weighted by atomic mass is 9.68. The van der Waals surface area contributed by atoms with Gasteiger partial charge in [-0.1, -0.05) is 12.1 Å². The van der Waals surface area contributed by atoms with Gasteiger partial charge < -0.3 is 5.11 Å². The molecule has 0 amide bonds. The molecule has 3 nitrogen and oxygen atoms in total. The zero-order valence-electron chi connectivity index (χ0n) is 14.0. The summed E-state index contributed by atoms with van der Waals surface area (Å²) in [6, 6.07) is 7.90. The van der Waals surface area contributed by atoms with E-state index in [-0.39, 0.29) is 5.92 Å². The number of aliphatic hydroxyl groups is 1. The van der Waals surface area contributed by atoms with E-state index in [2.05, 4.69) is 9.88 Å². The van der Waals surface area contributed by atoms with Gasteiger partial charge in [0.2, 0.25) is 0 Å². The van der Waals surface area contributed by atoms with Crippen LogP contribution in [-0.2, 0) is 12.1 Å². The second-order valence-electron chi connectivity index (χ2n) is 7.37. The lowest BCUT2D eigenvalue weighted by Crippen LogP contribution is -2.42. The van der Waals surface area contributed by atoms with Crippen LogP contribution >= 0.6 is 0 Å². The maximum atomic E-state index is 13.5. The van der Waals surface area contributed by atoms with Gasteiger partial charge in [0.25, 0.3) is 0 Å². The fraction of sp³-hybridized carbons (Fsp3) is 0.450. The molecule has 2 aromatic rings. The number of fused-ring (bicyclic) bond motifs is 1. The first kappa shape index (κ1) is 16.6. The normalized spacial score (nSPS) is 29.6. The third-order valence-electron chi connectivity index (χ3n) is 5.81. The highest BCUT2D eigenvalue weighted by atomic mass is 19.2. The summed E-state index contributed by atoms with van der Waals surface area (Å²) in [4.78, 5) is 6.42. The molecule has 1 saturated carbocycles. The number of aromatic nitrogens is 1. The van der Waals surface area contributed by atoms with Crippen molar-refractivity contribution in [3.63, 3.8) is 0 Å². The maximum absolute atomic E-state index is 13.5. The summed E-state index contributed by atoms with van der Waals surface area (Å²) < 4.78 is 26.6. The Bertz CT molecular complexity index is 755. The van der Waals surface area contributed by atoms with Crippen molar-refractivity contribution < 1.29 is 13.9 Å². The molecule has 3 atom stereocenters. The van der Waals surface area contributed by atoms with Crippen LogP contribution in [-0.4, -0.2) is 28.1 Å². The monoisotopic (exact) mass is 344 g/mol. The summed E-state index contributed by atoms with van der Waals surface area (Å²) >= 11 is 0. The Hall–Kier alpha value is -1.85. The van der Waals surface area contributed by atoms with Gasteiger partial charge in [0.1, 0.15) is 0 Å². The Balaban J connectivity index is 1.53. The number of rotatable bonds is 3. The SMILES string of the molecule is O[C@]1(c2cccnc2)CCC[C@@H]2CN(Cc3ccc(F)c(F)c3)C[C@@H]21. The number of benzene rings is 1. The van der Waals surface area contributed by atoms with Crippen molar-refractivity contribution in [3.8, 4) is 0 Å². The molecule has 132 valence electrons. The lowest BCUT2D eigenvalue weighted by Gasteiger charge is -2.41. The van der Waals surface area contributed by atoms with Gasteiger partial charge in [-0.2, -0.15) is 0 Å². The predicted molar refractivity (Wildman–Crippen MR) is 90.6 cm³/mol. The van der Waals surface area contributed by atoms with Crippen molar-refractivity contribution in [3.05, 3.63) is 65.5 Å². The van der Waals surface area contributed by atoms with Crippen LogP contribution in [0.4, 0.5) is 8.78 Å². The Morgan fingerprint density at radius 2 is 2.08 bits per heavy atom. The molecule has 2 fully saturated rings. The first-order valence-electron chi connectivity index (χ1n) is 8.85. The van der Waals surface area contributed by atoms with Crippen LogP contribution in [0.2, 0.25) is 0 Å². The molecule has 1 aliphatic heterocycles. The molecule has 0 bridgehead atoms. The second kappa shape index (κ2) is 6.46. The van der Waals surface area contributed by atoms with Crippen LogP contribution in [0.3, 0.4) is 0 Å². The van der Waals surface area contributed by atoms with Crippen molar-refractivity contribution in [2.24, 2.45) is 11.8 Å². The third kappa shape index (κ3) is 3.07. The molecule has 1 aromatic carbocycles. The predicted octanol–water partition coefficient (Wildman–Crippen LogP) is 3.48. The van der Waals surface area contributed by atoms with E-state index >= 15 is 0 Å². The molecule has 0 unspecified atom stereocenters. The average Bonchev–Trinajstić information content (AvgIpc) is 3.03. The van der Waals surface area contributed by atoms with Gasteiger partial charge in [-0.15, -0.1) is 0 Å². The molecule has 25 heavy (non-hydrogen) atoms. The van der Waals surface area contributed by atoms with Gasteiger partial charge in [0, 0.05) is 43.5 Å². The first-order chi connectivity index (χ1) is 12.1. The van der Waals surface area contributed by atoms with Gasteiger partial charge in [0.05, 0.1) is 5.60 Å². The topological polar surface area (TPSA) is 36.4 Å². The minimum absolute atomic E-state index is 0.149. The van der Waals surface area contributed by atoms with Crippen molar-refractivity contribution in [2.75, 3.05) is 13.1 Å². The molecule has 0 radical (unpaired) electrons. The molecule has 2 aliphatic rings. The Labute approximate surface area is 146 Å². The van der Waals surface area contributed by atoms with Crippen LogP contribution in [0.1, 0.15) is 30.4 Å². The number of pyridine rings is 1. The summed E-state index contributed by atoms with van der Waals surface area (Å²) in [5.74, 6) is -1.05. The van der Waals surface area contributed by atoms with Crippen LogP contribution < -0.4 is 0 Å². The van der Waals surface area contributed by atoms with E-state index in [4.69, 9.17) is 0 Å². The third-order valence-corrected chi connectivity index (χ3v) is 5.81. The fourth-order valence-electron chi connectivity index (χ4n) is 4.62. The highest BCUT2D eigenvalue weighted by molar-refractivity contribution is 5.23.